The molecule has 0 aromatic rings. The second kappa shape index (κ2) is 9.35. The Bertz CT molecular complexity index is 945. The van der Waals surface area contributed by atoms with Gasteiger partial charge in [-0.25, -0.2) is 14.4 Å². The maximum atomic E-state index is 15.4. The molecular formula is C18H16F14O6S. The number of alkyl halides is 14. The minimum Gasteiger partial charge on any atom is -0.456 e. The standard InChI is InChI=1S/C18H16F14O6S/c19-12(39-38-37-35,10(34)36-11-3-6-1-7(4-11)9(33)8(2-6)5-11)13(20,21)14(22,23)15(24,25)16(26,27)17(28,29)18(30,31)32/h6-9,33,35H,1-5H2. The maximum Gasteiger partial charge on any atom is 0.460 e. The summed E-state index contributed by atoms with van der Waals surface area (Å²) in [7, 11) is 0. The number of ether oxygens (including phenoxy) is 1. The lowest BCUT2D eigenvalue weighted by Gasteiger charge is -2.58. The number of rotatable bonds is 10. The molecule has 0 aliphatic heterocycles. The summed E-state index contributed by atoms with van der Waals surface area (Å²) < 4.78 is 199. The number of hydrogen-bond donors (Lipinski definition) is 2. The Morgan fingerprint density at radius 2 is 1.15 bits per heavy atom. The first-order valence-electron chi connectivity index (χ1n) is 10.6. The number of carbonyl (C=O) groups is 1. The Morgan fingerprint density at radius 1 is 0.718 bits per heavy atom. The van der Waals surface area contributed by atoms with Crippen molar-refractivity contribution < 1.29 is 90.7 Å². The van der Waals surface area contributed by atoms with Crippen LogP contribution in [0, 0.1) is 17.8 Å². The largest absolute Gasteiger partial charge is 0.460 e. The Morgan fingerprint density at radius 3 is 1.59 bits per heavy atom. The van der Waals surface area contributed by atoms with Gasteiger partial charge in [0.2, 0.25) is 0 Å². The first-order chi connectivity index (χ1) is 17.4. The lowest BCUT2D eigenvalue weighted by Crippen LogP contribution is -2.74. The summed E-state index contributed by atoms with van der Waals surface area (Å²) in [4.78, 5) is 12.5. The van der Waals surface area contributed by atoms with Gasteiger partial charge in [0, 0.05) is 0 Å². The van der Waals surface area contributed by atoms with E-state index in [0.29, 0.717) is 12.8 Å². The molecule has 0 saturated heterocycles. The molecule has 228 valence electrons. The average molecular weight is 626 g/mol. The molecule has 6 nitrogen and oxygen atoms in total. The van der Waals surface area contributed by atoms with Gasteiger partial charge in [0.1, 0.15) is 5.60 Å². The first kappa shape index (κ1) is 32.2. The smallest absolute Gasteiger partial charge is 0.456 e. The molecule has 0 amide bonds. The summed E-state index contributed by atoms with van der Waals surface area (Å²) in [6.45, 7) is 0. The number of carbonyl (C=O) groups excluding carboxylic acids is 1. The van der Waals surface area contributed by atoms with Crippen LogP contribution < -0.4 is 0 Å². The molecule has 0 aromatic heterocycles. The zero-order valence-electron chi connectivity index (χ0n) is 18.6. The second-order valence-electron chi connectivity index (χ2n) is 9.72. The van der Waals surface area contributed by atoms with E-state index < -0.39 is 82.3 Å². The van der Waals surface area contributed by atoms with Gasteiger partial charge >= 0.3 is 46.8 Å². The molecule has 2 N–H and O–H groups in total. The fourth-order valence-corrected chi connectivity index (χ4v) is 6.02. The highest BCUT2D eigenvalue weighted by atomic mass is 32.2. The Labute approximate surface area is 212 Å². The van der Waals surface area contributed by atoms with Gasteiger partial charge in [-0.2, -0.15) is 57.1 Å². The number of esters is 1. The molecule has 0 radical (unpaired) electrons. The molecule has 0 heterocycles. The molecule has 4 aliphatic rings. The van der Waals surface area contributed by atoms with Crippen molar-refractivity contribution in [2.45, 2.75) is 84.6 Å². The SMILES string of the molecule is O=C(OC12CC3CC(C1)C(O)C(C3)C2)C(F)(SOOO)C(F)(F)C(F)(F)C(F)(F)C(F)(F)C(F)(F)C(F)(F)F. The van der Waals surface area contributed by atoms with E-state index in [2.05, 4.69) is 14.1 Å². The van der Waals surface area contributed by atoms with Crippen LogP contribution in [0.4, 0.5) is 61.5 Å². The van der Waals surface area contributed by atoms with Crippen molar-refractivity contribution in [3.05, 3.63) is 0 Å². The number of aliphatic hydroxyl groups excluding tert-OH is 1. The number of hydrogen-bond acceptors (Lipinski definition) is 7. The van der Waals surface area contributed by atoms with Crippen LogP contribution in [-0.2, 0) is 18.9 Å². The highest BCUT2D eigenvalue weighted by Crippen LogP contribution is 2.64. The quantitative estimate of drug-likeness (QED) is 0.102. The van der Waals surface area contributed by atoms with Gasteiger partial charge < -0.3 is 9.84 Å². The minimum atomic E-state index is -8.40. The monoisotopic (exact) mass is 626 g/mol. The molecule has 4 rings (SSSR count). The highest BCUT2D eigenvalue weighted by Gasteiger charge is 2.94. The topological polar surface area (TPSA) is 85.2 Å². The molecule has 3 unspecified atom stereocenters. The molecule has 4 bridgehead atoms. The Balaban J connectivity index is 2.02. The van der Waals surface area contributed by atoms with Crippen LogP contribution in [0.25, 0.3) is 0 Å². The van der Waals surface area contributed by atoms with Crippen LogP contribution in [0.1, 0.15) is 32.1 Å². The highest BCUT2D eigenvalue weighted by molar-refractivity contribution is 7.96. The summed E-state index contributed by atoms with van der Waals surface area (Å²) in [5.74, 6) is -45.6. The summed E-state index contributed by atoms with van der Waals surface area (Å²) in [5.41, 5.74) is -1.97. The van der Waals surface area contributed by atoms with Gasteiger partial charge in [0.05, 0.1) is 18.1 Å². The molecule has 4 aliphatic carbocycles. The van der Waals surface area contributed by atoms with Gasteiger partial charge in [-0.05, 0) is 49.9 Å². The Hall–Kier alpha value is -1.32. The van der Waals surface area contributed by atoms with Crippen molar-refractivity contribution in [3.8, 4) is 0 Å². The fraction of sp³-hybridized carbons (Fsp3) is 0.944. The minimum absolute atomic E-state index is 0.232. The summed E-state index contributed by atoms with van der Waals surface area (Å²) >= 11 is -2.05. The van der Waals surface area contributed by atoms with Gasteiger partial charge in [-0.1, -0.05) is 5.04 Å². The summed E-state index contributed by atoms with van der Waals surface area (Å²) in [6, 6.07) is 0. The zero-order chi connectivity index (χ0) is 30.3. The van der Waals surface area contributed by atoms with Crippen molar-refractivity contribution in [3.63, 3.8) is 0 Å². The molecule has 0 aromatic carbocycles. The third-order valence-electron chi connectivity index (χ3n) is 7.26. The molecule has 39 heavy (non-hydrogen) atoms. The molecule has 4 fully saturated rings. The van der Waals surface area contributed by atoms with E-state index in [9.17, 15) is 67.0 Å². The van der Waals surface area contributed by atoms with Crippen LogP contribution >= 0.6 is 12.0 Å². The van der Waals surface area contributed by atoms with Crippen LogP contribution in [0.15, 0.2) is 0 Å². The first-order valence-corrected chi connectivity index (χ1v) is 11.3. The molecule has 4 saturated carbocycles. The maximum absolute atomic E-state index is 15.4. The third-order valence-corrected chi connectivity index (χ3v) is 8.04. The summed E-state index contributed by atoms with van der Waals surface area (Å²) in [6.07, 6.45) is -9.04. The van der Waals surface area contributed by atoms with Crippen molar-refractivity contribution >= 4 is 18.0 Å². The zero-order valence-corrected chi connectivity index (χ0v) is 19.4. The van der Waals surface area contributed by atoms with E-state index in [1.807, 2.05) is 0 Å². The normalized spacial score (nSPS) is 31.8. The third kappa shape index (κ3) is 4.44. The van der Waals surface area contributed by atoms with Gasteiger partial charge in [-0.3, -0.25) is 0 Å². The van der Waals surface area contributed by atoms with E-state index >= 15 is 4.39 Å². The van der Waals surface area contributed by atoms with Crippen molar-refractivity contribution in [2.24, 2.45) is 17.8 Å². The lowest BCUT2D eigenvalue weighted by atomic mass is 9.53. The second-order valence-corrected chi connectivity index (χ2v) is 10.6. The Kier molecular flexibility index (Phi) is 7.72. The van der Waals surface area contributed by atoms with E-state index in [4.69, 9.17) is 5.26 Å². The predicted octanol–water partition coefficient (Wildman–Crippen LogP) is 5.94. The van der Waals surface area contributed by atoms with E-state index in [0.717, 1.165) is 0 Å². The number of aliphatic hydroxyl groups is 1. The summed E-state index contributed by atoms with van der Waals surface area (Å²) in [5, 5.41) is 14.8. The number of halogens is 14. The predicted molar refractivity (Wildman–Crippen MR) is 95.4 cm³/mol. The molecule has 21 heteroatoms. The lowest BCUT2D eigenvalue weighted by molar-refractivity contribution is -0.446. The van der Waals surface area contributed by atoms with Gasteiger partial charge in [0.25, 0.3) is 0 Å². The van der Waals surface area contributed by atoms with Crippen molar-refractivity contribution in [1.29, 1.82) is 0 Å². The van der Waals surface area contributed by atoms with Crippen LogP contribution in [0.3, 0.4) is 0 Å². The molecular weight excluding hydrogens is 610 g/mol. The molecule has 0 spiro atoms. The van der Waals surface area contributed by atoms with Crippen LogP contribution in [0.5, 0.6) is 0 Å². The van der Waals surface area contributed by atoms with E-state index in [1.54, 1.807) is 0 Å². The van der Waals surface area contributed by atoms with Crippen molar-refractivity contribution in [2.75, 3.05) is 0 Å². The van der Waals surface area contributed by atoms with Gasteiger partial charge in [0.15, 0.2) is 0 Å². The van der Waals surface area contributed by atoms with Crippen LogP contribution in [-0.4, -0.2) is 68.8 Å². The van der Waals surface area contributed by atoms with Crippen molar-refractivity contribution in [1.82, 2.24) is 0 Å². The van der Waals surface area contributed by atoms with Crippen LogP contribution in [0.2, 0.25) is 0 Å². The van der Waals surface area contributed by atoms with E-state index in [-0.39, 0.29) is 25.2 Å². The average Bonchev–Trinajstić information content (AvgIpc) is 2.78. The van der Waals surface area contributed by atoms with Gasteiger partial charge in [-0.15, -0.1) is 4.33 Å². The fourth-order valence-electron chi connectivity index (χ4n) is 5.56. The van der Waals surface area contributed by atoms with E-state index in [1.165, 1.54) is 0 Å². The molecule has 3 atom stereocenters.